The van der Waals surface area contributed by atoms with E-state index < -0.39 is 6.16 Å². The van der Waals surface area contributed by atoms with E-state index >= 15 is 0 Å². The molecule has 1 unspecified atom stereocenters. The summed E-state index contributed by atoms with van der Waals surface area (Å²) in [7, 11) is 0. The standard InChI is InChI=1S/C29H48O3/c1-18(2)8-7-9-19(3)24-12-13-25-23-11-10-21-17-22(32-27(30)31)16-20(4)29(21,6)26(23)14-15-28(24,25)5/h10,18-20,22-26H,7-9,11-17H2,1-6H3,(H,30,31)/t19-,20?,22+,23+,24-,25+,26+,28-,29+/m1/s1. The van der Waals surface area contributed by atoms with Crippen molar-refractivity contribution in [3.63, 3.8) is 0 Å². The number of allylic oxidation sites excluding steroid dienone is 1. The Kier molecular flexibility index (Phi) is 6.78. The first-order valence-corrected chi connectivity index (χ1v) is 13.7. The van der Waals surface area contributed by atoms with Crippen molar-refractivity contribution in [1.29, 1.82) is 0 Å². The van der Waals surface area contributed by atoms with Crippen molar-refractivity contribution in [3.05, 3.63) is 11.6 Å². The van der Waals surface area contributed by atoms with Crippen molar-refractivity contribution in [1.82, 2.24) is 0 Å². The Morgan fingerprint density at radius 2 is 1.91 bits per heavy atom. The SMILES string of the molecule is CC(C)CCC[C@@H](C)[C@H]1CC[C@H]2[C@@H]3CC=C4C[C@@H](OC(=O)O)CC(C)[C@]4(C)[C@H]3CC[C@]12C. The van der Waals surface area contributed by atoms with Gasteiger partial charge in [0.1, 0.15) is 6.10 Å². The molecule has 0 bridgehead atoms. The fraction of sp³-hybridized carbons (Fsp3) is 0.897. The number of hydrogen-bond donors (Lipinski definition) is 1. The third-order valence-corrected chi connectivity index (χ3v) is 11.1. The zero-order chi connectivity index (χ0) is 23.3. The van der Waals surface area contributed by atoms with Gasteiger partial charge in [-0.15, -0.1) is 0 Å². The normalized spacial score (nSPS) is 44.3. The van der Waals surface area contributed by atoms with Crippen molar-refractivity contribution < 1.29 is 14.6 Å². The molecule has 0 aliphatic heterocycles. The van der Waals surface area contributed by atoms with Crippen LogP contribution in [0, 0.1) is 52.3 Å². The van der Waals surface area contributed by atoms with E-state index in [9.17, 15) is 4.79 Å². The van der Waals surface area contributed by atoms with Gasteiger partial charge in [0.2, 0.25) is 0 Å². The van der Waals surface area contributed by atoms with Crippen LogP contribution in [0.25, 0.3) is 0 Å². The van der Waals surface area contributed by atoms with Gasteiger partial charge in [0.15, 0.2) is 0 Å². The van der Waals surface area contributed by atoms with Crippen LogP contribution in [0.2, 0.25) is 0 Å². The highest BCUT2D eigenvalue weighted by molar-refractivity contribution is 5.57. The summed E-state index contributed by atoms with van der Waals surface area (Å²) in [5, 5.41) is 9.14. The van der Waals surface area contributed by atoms with Crippen LogP contribution in [0.5, 0.6) is 0 Å². The second-order valence-electron chi connectivity index (χ2n) is 13.0. The predicted octanol–water partition coefficient (Wildman–Crippen LogP) is 8.34. The molecule has 0 aromatic carbocycles. The lowest BCUT2D eigenvalue weighted by atomic mass is 9.45. The van der Waals surface area contributed by atoms with Crippen molar-refractivity contribution in [2.75, 3.05) is 0 Å². The Morgan fingerprint density at radius 1 is 1.16 bits per heavy atom. The van der Waals surface area contributed by atoms with E-state index in [1.165, 1.54) is 56.9 Å². The zero-order valence-corrected chi connectivity index (χ0v) is 21.5. The van der Waals surface area contributed by atoms with Gasteiger partial charge < -0.3 is 9.84 Å². The van der Waals surface area contributed by atoms with E-state index in [-0.39, 0.29) is 11.5 Å². The lowest BCUT2D eigenvalue weighted by Gasteiger charge is -2.60. The van der Waals surface area contributed by atoms with Gasteiger partial charge in [-0.3, -0.25) is 0 Å². The summed E-state index contributed by atoms with van der Waals surface area (Å²) in [6.45, 7) is 14.8. The highest BCUT2D eigenvalue weighted by atomic mass is 16.7. The van der Waals surface area contributed by atoms with Crippen LogP contribution in [0.15, 0.2) is 11.6 Å². The van der Waals surface area contributed by atoms with E-state index in [1.807, 2.05) is 0 Å². The van der Waals surface area contributed by atoms with Crippen molar-refractivity contribution in [3.8, 4) is 0 Å². The topological polar surface area (TPSA) is 46.5 Å². The third kappa shape index (κ3) is 4.05. The summed E-state index contributed by atoms with van der Waals surface area (Å²) in [6.07, 6.45) is 13.9. The Hall–Kier alpha value is -0.990. The molecule has 3 saturated carbocycles. The summed E-state index contributed by atoms with van der Waals surface area (Å²) in [5.74, 6) is 5.51. The first-order chi connectivity index (χ1) is 15.1. The quantitative estimate of drug-likeness (QED) is 0.331. The summed E-state index contributed by atoms with van der Waals surface area (Å²) in [5.41, 5.74) is 2.25. The lowest BCUT2D eigenvalue weighted by molar-refractivity contribution is -0.0789. The van der Waals surface area contributed by atoms with Gasteiger partial charge in [-0.2, -0.15) is 0 Å². The molecule has 3 fully saturated rings. The Bertz CT molecular complexity index is 726. The van der Waals surface area contributed by atoms with Crippen molar-refractivity contribution in [2.24, 2.45) is 52.3 Å². The third-order valence-electron chi connectivity index (χ3n) is 11.1. The summed E-state index contributed by atoms with van der Waals surface area (Å²) in [4.78, 5) is 11.1. The molecule has 3 nitrogen and oxygen atoms in total. The van der Waals surface area contributed by atoms with Crippen LogP contribution >= 0.6 is 0 Å². The maximum Gasteiger partial charge on any atom is 0.506 e. The van der Waals surface area contributed by atoms with Crippen LogP contribution in [0.3, 0.4) is 0 Å². The van der Waals surface area contributed by atoms with E-state index in [2.05, 4.69) is 47.6 Å². The molecule has 182 valence electrons. The first kappa shape index (κ1) is 24.1. The van der Waals surface area contributed by atoms with E-state index in [4.69, 9.17) is 9.84 Å². The summed E-state index contributed by atoms with van der Waals surface area (Å²) >= 11 is 0. The number of carboxylic acid groups (broad SMARTS) is 1. The van der Waals surface area contributed by atoms with E-state index in [0.717, 1.165) is 48.3 Å². The van der Waals surface area contributed by atoms with Gasteiger partial charge in [0.25, 0.3) is 0 Å². The molecule has 3 heteroatoms. The second-order valence-corrected chi connectivity index (χ2v) is 13.0. The number of fused-ring (bicyclic) bond motifs is 5. The van der Waals surface area contributed by atoms with Crippen LogP contribution in [0.1, 0.15) is 106 Å². The molecule has 4 rings (SSSR count). The molecule has 0 spiro atoms. The van der Waals surface area contributed by atoms with Crippen LogP contribution < -0.4 is 0 Å². The van der Waals surface area contributed by atoms with Crippen LogP contribution in [-0.4, -0.2) is 17.4 Å². The summed E-state index contributed by atoms with van der Waals surface area (Å²) in [6, 6.07) is 0. The molecule has 4 aliphatic rings. The summed E-state index contributed by atoms with van der Waals surface area (Å²) < 4.78 is 5.24. The minimum atomic E-state index is -1.12. The molecule has 0 aromatic rings. The first-order valence-electron chi connectivity index (χ1n) is 13.7. The molecular weight excluding hydrogens is 396 g/mol. The number of ether oxygens (including phenoxy) is 1. The molecule has 0 amide bonds. The Morgan fingerprint density at radius 3 is 2.59 bits per heavy atom. The highest BCUT2D eigenvalue weighted by Gasteiger charge is 2.60. The Balaban J connectivity index is 1.50. The zero-order valence-electron chi connectivity index (χ0n) is 21.5. The fourth-order valence-corrected chi connectivity index (χ4v) is 9.31. The fourth-order valence-electron chi connectivity index (χ4n) is 9.31. The second kappa shape index (κ2) is 8.99. The van der Waals surface area contributed by atoms with Crippen LogP contribution in [0.4, 0.5) is 4.79 Å². The molecular formula is C29H48O3. The lowest BCUT2D eigenvalue weighted by Crippen LogP contribution is -2.53. The van der Waals surface area contributed by atoms with Crippen molar-refractivity contribution >= 4 is 6.16 Å². The maximum atomic E-state index is 11.1. The van der Waals surface area contributed by atoms with Gasteiger partial charge in [-0.05, 0) is 90.8 Å². The molecule has 4 aliphatic carbocycles. The van der Waals surface area contributed by atoms with Gasteiger partial charge in [0.05, 0.1) is 0 Å². The largest absolute Gasteiger partial charge is 0.506 e. The van der Waals surface area contributed by atoms with Gasteiger partial charge in [-0.1, -0.05) is 72.5 Å². The van der Waals surface area contributed by atoms with Gasteiger partial charge >= 0.3 is 6.16 Å². The number of hydrogen-bond acceptors (Lipinski definition) is 2. The van der Waals surface area contributed by atoms with Crippen LogP contribution in [-0.2, 0) is 4.74 Å². The Labute approximate surface area is 196 Å². The molecule has 0 aromatic heterocycles. The molecule has 9 atom stereocenters. The average molecular weight is 445 g/mol. The van der Waals surface area contributed by atoms with Gasteiger partial charge in [-0.25, -0.2) is 4.79 Å². The molecule has 32 heavy (non-hydrogen) atoms. The molecule has 0 saturated heterocycles. The minimum Gasteiger partial charge on any atom is -0.450 e. The average Bonchev–Trinajstić information content (AvgIpc) is 3.05. The smallest absolute Gasteiger partial charge is 0.450 e. The monoisotopic (exact) mass is 444 g/mol. The van der Waals surface area contributed by atoms with Crippen molar-refractivity contribution in [2.45, 2.75) is 112 Å². The van der Waals surface area contributed by atoms with E-state index in [0.29, 0.717) is 11.3 Å². The van der Waals surface area contributed by atoms with Gasteiger partial charge in [0, 0.05) is 6.42 Å². The van der Waals surface area contributed by atoms with E-state index in [1.54, 1.807) is 0 Å². The minimum absolute atomic E-state index is 0.158. The number of carbonyl (C=O) groups is 1. The highest BCUT2D eigenvalue weighted by Crippen LogP contribution is 2.68. The molecule has 1 N–H and O–H groups in total. The molecule has 0 heterocycles. The number of rotatable bonds is 6. The maximum absolute atomic E-state index is 11.1. The predicted molar refractivity (Wildman–Crippen MR) is 130 cm³/mol. The molecule has 0 radical (unpaired) electrons.